The number of aliphatic imine (C=N–C) groups is 1. The molecule has 2 unspecified atom stereocenters. The standard InChI is InChI=1S/C20H17BrN4O3/c1-26-16-9-12(8-13(21)19(16)27-2)25-14-6-5-11-4-3-7-28-18(11)17(14)24-20(23)15(25)10-22/h3-9,15,18H,1-2H3,(H2,23,24). The van der Waals surface area contributed by atoms with Crippen LogP contribution in [-0.2, 0) is 4.74 Å². The van der Waals surface area contributed by atoms with Crippen LogP contribution >= 0.6 is 15.9 Å². The molecular weight excluding hydrogens is 424 g/mol. The van der Waals surface area contributed by atoms with E-state index in [1.807, 2.05) is 35.3 Å². The molecule has 2 aliphatic heterocycles. The van der Waals surface area contributed by atoms with Gasteiger partial charge in [-0.2, -0.15) is 5.26 Å². The molecule has 0 saturated heterocycles. The zero-order valence-electron chi connectivity index (χ0n) is 15.2. The Morgan fingerprint density at radius 1 is 1.29 bits per heavy atom. The number of hydrogen-bond donors (Lipinski definition) is 1. The summed E-state index contributed by atoms with van der Waals surface area (Å²) in [5.41, 5.74) is 9.27. The smallest absolute Gasteiger partial charge is 0.179 e. The van der Waals surface area contributed by atoms with Crippen LogP contribution in [0.5, 0.6) is 11.5 Å². The van der Waals surface area contributed by atoms with Crippen LogP contribution in [0.15, 0.2) is 69.1 Å². The molecule has 4 rings (SSSR count). The molecule has 0 aromatic heterocycles. The lowest BCUT2D eigenvalue weighted by Crippen LogP contribution is -2.48. The fourth-order valence-electron chi connectivity index (χ4n) is 3.45. The Hall–Kier alpha value is -3.18. The van der Waals surface area contributed by atoms with Crippen LogP contribution in [0.4, 0.5) is 5.69 Å². The van der Waals surface area contributed by atoms with Gasteiger partial charge in [0.15, 0.2) is 23.6 Å². The van der Waals surface area contributed by atoms with E-state index < -0.39 is 6.04 Å². The van der Waals surface area contributed by atoms with Crippen molar-refractivity contribution in [1.29, 1.82) is 5.26 Å². The molecule has 142 valence electrons. The Bertz CT molecular complexity index is 1030. The monoisotopic (exact) mass is 440 g/mol. The number of hydrogen-bond acceptors (Lipinski definition) is 7. The maximum Gasteiger partial charge on any atom is 0.179 e. The van der Waals surface area contributed by atoms with E-state index in [1.165, 1.54) is 0 Å². The van der Waals surface area contributed by atoms with E-state index >= 15 is 0 Å². The van der Waals surface area contributed by atoms with Gasteiger partial charge >= 0.3 is 0 Å². The second kappa shape index (κ2) is 7.09. The fraction of sp³-hybridized carbons (Fsp3) is 0.200. The first-order valence-corrected chi connectivity index (χ1v) is 9.27. The first-order chi connectivity index (χ1) is 13.6. The number of ether oxygens (including phenoxy) is 3. The molecule has 1 aromatic carbocycles. The number of benzene rings is 1. The van der Waals surface area contributed by atoms with E-state index in [4.69, 9.17) is 19.9 Å². The number of nitrogens with zero attached hydrogens (tertiary/aromatic N) is 3. The minimum absolute atomic E-state index is 0.208. The summed E-state index contributed by atoms with van der Waals surface area (Å²) >= 11 is 3.51. The van der Waals surface area contributed by atoms with Crippen LogP contribution < -0.4 is 20.1 Å². The van der Waals surface area contributed by atoms with Gasteiger partial charge in [-0.05, 0) is 39.7 Å². The molecule has 1 aromatic rings. The molecule has 3 aliphatic rings. The largest absolute Gasteiger partial charge is 0.493 e. The molecule has 7 nitrogen and oxygen atoms in total. The third kappa shape index (κ3) is 2.75. The van der Waals surface area contributed by atoms with Gasteiger partial charge in [0, 0.05) is 11.8 Å². The molecule has 0 bridgehead atoms. The number of anilines is 1. The van der Waals surface area contributed by atoms with Crippen molar-refractivity contribution in [2.75, 3.05) is 19.1 Å². The average molecular weight is 441 g/mol. The van der Waals surface area contributed by atoms with E-state index in [0.29, 0.717) is 27.4 Å². The van der Waals surface area contributed by atoms with Gasteiger partial charge < -0.3 is 24.8 Å². The lowest BCUT2D eigenvalue weighted by atomic mass is 9.94. The van der Waals surface area contributed by atoms with Crippen molar-refractivity contribution in [3.8, 4) is 17.6 Å². The first kappa shape index (κ1) is 18.2. The van der Waals surface area contributed by atoms with Gasteiger partial charge in [0.25, 0.3) is 0 Å². The van der Waals surface area contributed by atoms with Crippen LogP contribution in [0.2, 0.25) is 0 Å². The van der Waals surface area contributed by atoms with Crippen molar-refractivity contribution >= 4 is 27.5 Å². The predicted molar refractivity (Wildman–Crippen MR) is 109 cm³/mol. The van der Waals surface area contributed by atoms with E-state index in [0.717, 1.165) is 11.3 Å². The predicted octanol–water partition coefficient (Wildman–Crippen LogP) is 3.16. The zero-order valence-corrected chi connectivity index (χ0v) is 16.8. The molecule has 2 heterocycles. The van der Waals surface area contributed by atoms with Crippen molar-refractivity contribution in [3.63, 3.8) is 0 Å². The lowest BCUT2D eigenvalue weighted by Gasteiger charge is -2.38. The Labute approximate surface area is 170 Å². The number of methoxy groups -OCH3 is 2. The maximum absolute atomic E-state index is 9.79. The van der Waals surface area contributed by atoms with E-state index in [-0.39, 0.29) is 11.9 Å². The Morgan fingerprint density at radius 2 is 2.11 bits per heavy atom. The van der Waals surface area contributed by atoms with Gasteiger partial charge in [-0.15, -0.1) is 0 Å². The van der Waals surface area contributed by atoms with Gasteiger partial charge in [-0.1, -0.05) is 12.2 Å². The summed E-state index contributed by atoms with van der Waals surface area (Å²) in [5.74, 6) is 1.31. The molecule has 2 atom stereocenters. The van der Waals surface area contributed by atoms with Gasteiger partial charge in [-0.25, -0.2) is 4.99 Å². The molecule has 0 fully saturated rings. The molecule has 0 amide bonds. The molecule has 8 heteroatoms. The summed E-state index contributed by atoms with van der Waals surface area (Å²) in [4.78, 5) is 6.34. The molecule has 0 radical (unpaired) electrons. The number of amidine groups is 1. The van der Waals surface area contributed by atoms with E-state index in [2.05, 4.69) is 27.0 Å². The lowest BCUT2D eigenvalue weighted by molar-refractivity contribution is 0.202. The Balaban J connectivity index is 1.89. The van der Waals surface area contributed by atoms with E-state index in [1.54, 1.807) is 26.5 Å². The highest BCUT2D eigenvalue weighted by atomic mass is 79.9. The fourth-order valence-corrected chi connectivity index (χ4v) is 4.04. The minimum Gasteiger partial charge on any atom is -0.493 e. The minimum atomic E-state index is -0.766. The Kier molecular flexibility index (Phi) is 4.61. The summed E-state index contributed by atoms with van der Waals surface area (Å²) in [6, 6.07) is 5.13. The van der Waals surface area contributed by atoms with Gasteiger partial charge in [0.2, 0.25) is 0 Å². The topological polar surface area (TPSA) is 93.1 Å². The average Bonchev–Trinajstić information content (AvgIpc) is 2.72. The Morgan fingerprint density at radius 3 is 2.82 bits per heavy atom. The highest BCUT2D eigenvalue weighted by molar-refractivity contribution is 9.10. The molecule has 0 saturated carbocycles. The zero-order chi connectivity index (χ0) is 19.8. The third-order valence-electron chi connectivity index (χ3n) is 4.70. The summed E-state index contributed by atoms with van der Waals surface area (Å²) in [6.45, 7) is 0. The van der Waals surface area contributed by atoms with Crippen LogP contribution in [0.3, 0.4) is 0 Å². The number of halogens is 1. The summed E-state index contributed by atoms with van der Waals surface area (Å²) in [6.07, 6.45) is 8.94. The molecule has 1 aliphatic carbocycles. The number of rotatable bonds is 3. The number of fused-ring (bicyclic) bond motifs is 2. The summed E-state index contributed by atoms with van der Waals surface area (Å²) < 4.78 is 17.3. The van der Waals surface area contributed by atoms with Crippen molar-refractivity contribution in [3.05, 3.63) is 64.1 Å². The quantitative estimate of drug-likeness (QED) is 0.775. The normalized spacial score (nSPS) is 22.4. The van der Waals surface area contributed by atoms with Gasteiger partial charge in [0.1, 0.15) is 11.5 Å². The number of nitrogens with two attached hydrogens (primary N) is 1. The second-order valence-corrected chi connectivity index (χ2v) is 7.07. The third-order valence-corrected chi connectivity index (χ3v) is 5.28. The molecular formula is C20H17BrN4O3. The second-order valence-electron chi connectivity index (χ2n) is 6.22. The highest BCUT2D eigenvalue weighted by Crippen LogP contribution is 2.43. The van der Waals surface area contributed by atoms with Crippen LogP contribution in [-0.4, -0.2) is 32.2 Å². The van der Waals surface area contributed by atoms with Crippen LogP contribution in [0.25, 0.3) is 0 Å². The van der Waals surface area contributed by atoms with Gasteiger partial charge in [0.05, 0.1) is 36.7 Å². The van der Waals surface area contributed by atoms with Crippen molar-refractivity contribution in [2.45, 2.75) is 12.1 Å². The first-order valence-electron chi connectivity index (χ1n) is 8.48. The van der Waals surface area contributed by atoms with Crippen LogP contribution in [0, 0.1) is 11.3 Å². The number of nitriles is 1. The van der Waals surface area contributed by atoms with Crippen molar-refractivity contribution in [1.82, 2.24) is 0 Å². The highest BCUT2D eigenvalue weighted by Gasteiger charge is 2.37. The molecule has 2 N–H and O–H groups in total. The molecule has 0 spiro atoms. The number of allylic oxidation sites excluding steroid dienone is 3. The SMILES string of the molecule is COc1cc(N2C3=C(N=C(N)C2C#N)C2OC=CC=C2C=C3)cc(Br)c1OC. The van der Waals surface area contributed by atoms with Crippen molar-refractivity contribution in [2.24, 2.45) is 10.7 Å². The molecule has 28 heavy (non-hydrogen) atoms. The van der Waals surface area contributed by atoms with Gasteiger partial charge in [-0.3, -0.25) is 0 Å². The van der Waals surface area contributed by atoms with E-state index in [9.17, 15) is 5.26 Å². The van der Waals surface area contributed by atoms with Crippen LogP contribution in [0.1, 0.15) is 0 Å². The summed E-state index contributed by atoms with van der Waals surface area (Å²) in [5, 5.41) is 9.79. The maximum atomic E-state index is 9.79. The van der Waals surface area contributed by atoms with Crippen molar-refractivity contribution < 1.29 is 14.2 Å². The summed E-state index contributed by atoms with van der Waals surface area (Å²) in [7, 11) is 3.13.